The molecular formula is C37H68O23. The topological polar surface area (TPSA) is 344 Å². The minimum atomic E-state index is -1.66. The van der Waals surface area contributed by atoms with Gasteiger partial charge in [-0.2, -0.15) is 0 Å². The van der Waals surface area contributed by atoms with E-state index in [0.29, 0.717) is 0 Å². The first-order valence-corrected chi connectivity index (χ1v) is 20.2. The standard InChI is InChI=1S/C37H68O23/c1-16(38)5-52-11-21-18(27(40)30(43)22(57-21)10-50-3)7-54-13-24-31(44)29(42)20(37(49)59-24)9-56-14-25-32(45)28(41)19(36(48)60-25)8-55-12-23-33(46)34(47)35(51-4)26(58-23)15-53-6-17(2)39/h16-49H,5-15H2,1-4H3. The van der Waals surface area contributed by atoms with Crippen molar-refractivity contribution in [2.45, 2.75) is 130 Å². The molecule has 0 saturated carbocycles. The zero-order chi connectivity index (χ0) is 44.3. The second-order valence-electron chi connectivity index (χ2n) is 16.0. The lowest BCUT2D eigenvalue weighted by Crippen LogP contribution is -2.61. The number of methoxy groups -OCH3 is 2. The Hall–Kier alpha value is -0.920. The van der Waals surface area contributed by atoms with Crippen LogP contribution >= 0.6 is 0 Å². The van der Waals surface area contributed by atoms with Gasteiger partial charge in [-0.25, -0.2) is 0 Å². The van der Waals surface area contributed by atoms with E-state index in [0.717, 1.165) is 0 Å². The van der Waals surface area contributed by atoms with Gasteiger partial charge >= 0.3 is 0 Å². The van der Waals surface area contributed by atoms with Crippen molar-refractivity contribution in [3.8, 4) is 0 Å². The first kappa shape index (κ1) is 51.7. The van der Waals surface area contributed by atoms with Crippen LogP contribution in [0.15, 0.2) is 0 Å². The van der Waals surface area contributed by atoms with E-state index in [1.807, 2.05) is 0 Å². The van der Waals surface area contributed by atoms with Gasteiger partial charge in [-0.05, 0) is 13.8 Å². The number of ether oxygens (including phenoxy) is 11. The molecular weight excluding hydrogens is 812 g/mol. The summed E-state index contributed by atoms with van der Waals surface area (Å²) >= 11 is 0. The molecule has 0 aromatic heterocycles. The highest BCUT2D eigenvalue weighted by Gasteiger charge is 2.49. The fourth-order valence-electron chi connectivity index (χ4n) is 7.66. The van der Waals surface area contributed by atoms with Crippen molar-refractivity contribution in [3.63, 3.8) is 0 Å². The average Bonchev–Trinajstić information content (AvgIpc) is 3.19. The molecule has 23 heteroatoms. The minimum absolute atomic E-state index is 0.00177. The van der Waals surface area contributed by atoms with Crippen molar-refractivity contribution in [2.75, 3.05) is 86.9 Å². The average molecular weight is 881 g/mol. The van der Waals surface area contributed by atoms with E-state index in [1.165, 1.54) is 28.1 Å². The molecule has 4 heterocycles. The summed E-state index contributed by atoms with van der Waals surface area (Å²) in [5, 5.41) is 126. The maximum absolute atomic E-state index is 10.9. The Morgan fingerprint density at radius 3 is 1.17 bits per heavy atom. The first-order valence-electron chi connectivity index (χ1n) is 20.2. The second kappa shape index (κ2) is 25.0. The third kappa shape index (κ3) is 13.8. The molecule has 0 aliphatic carbocycles. The maximum atomic E-state index is 10.9. The van der Waals surface area contributed by atoms with Crippen molar-refractivity contribution in [1.29, 1.82) is 0 Å². The molecule has 4 rings (SSSR count). The van der Waals surface area contributed by atoms with Crippen LogP contribution in [0, 0.1) is 17.8 Å². The third-order valence-electron chi connectivity index (χ3n) is 11.1. The van der Waals surface area contributed by atoms with Gasteiger partial charge in [0, 0.05) is 20.1 Å². The highest BCUT2D eigenvalue weighted by atomic mass is 16.7. The van der Waals surface area contributed by atoms with Gasteiger partial charge in [0.25, 0.3) is 0 Å². The van der Waals surface area contributed by atoms with Crippen molar-refractivity contribution in [1.82, 2.24) is 0 Å². The molecule has 60 heavy (non-hydrogen) atoms. The van der Waals surface area contributed by atoms with Crippen LogP contribution < -0.4 is 0 Å². The summed E-state index contributed by atoms with van der Waals surface area (Å²) in [5.74, 6) is -3.17. The third-order valence-corrected chi connectivity index (χ3v) is 11.1. The summed E-state index contributed by atoms with van der Waals surface area (Å²) in [6.45, 7) is 0.902. The summed E-state index contributed by atoms with van der Waals surface area (Å²) < 4.78 is 60.9. The number of aliphatic hydroxyl groups excluding tert-OH is 12. The lowest BCUT2D eigenvalue weighted by Gasteiger charge is -2.43. The summed E-state index contributed by atoms with van der Waals surface area (Å²) in [5.41, 5.74) is 0. The van der Waals surface area contributed by atoms with Gasteiger partial charge in [-0.3, -0.25) is 0 Å². The maximum Gasteiger partial charge on any atom is 0.162 e. The minimum Gasteiger partial charge on any atom is -0.391 e. The predicted octanol–water partition coefficient (Wildman–Crippen LogP) is -6.80. The SMILES string of the molecule is COCC1OC(COCC(C)O)C(COCC2OC(O)C(COCC3OC(O)C(COCC4OC(COCC(C)O)C(OC)C(O)C4O)C(O)C3O)C(O)C2O)C(O)C1O. The molecule has 22 unspecified atom stereocenters. The van der Waals surface area contributed by atoms with Gasteiger partial charge < -0.3 is 113 Å². The molecule has 354 valence electrons. The quantitative estimate of drug-likeness (QED) is 0.0454. The second-order valence-corrected chi connectivity index (χ2v) is 16.0. The van der Waals surface area contributed by atoms with E-state index in [4.69, 9.17) is 52.1 Å². The van der Waals surface area contributed by atoms with Crippen molar-refractivity contribution in [2.24, 2.45) is 17.8 Å². The van der Waals surface area contributed by atoms with Gasteiger partial charge in [0.2, 0.25) is 0 Å². The van der Waals surface area contributed by atoms with Crippen LogP contribution in [0.25, 0.3) is 0 Å². The van der Waals surface area contributed by atoms with Crippen molar-refractivity contribution in [3.05, 3.63) is 0 Å². The summed E-state index contributed by atoms with van der Waals surface area (Å²) in [6, 6.07) is 0. The molecule has 4 aliphatic rings. The lowest BCUT2D eigenvalue weighted by molar-refractivity contribution is -0.294. The number of hydrogen-bond donors (Lipinski definition) is 12. The van der Waals surface area contributed by atoms with Crippen LogP contribution in [-0.2, 0) is 52.1 Å². The van der Waals surface area contributed by atoms with Crippen molar-refractivity contribution >= 4 is 0 Å². The van der Waals surface area contributed by atoms with Gasteiger partial charge in [0.05, 0.1) is 121 Å². The van der Waals surface area contributed by atoms with Crippen LogP contribution in [-0.4, -0.2) is 265 Å². The Bertz CT molecular complexity index is 1190. The fraction of sp³-hybridized carbons (Fsp3) is 1.00. The molecule has 4 saturated heterocycles. The Balaban J connectivity index is 1.21. The van der Waals surface area contributed by atoms with E-state index < -0.39 is 147 Å². The van der Waals surface area contributed by atoms with E-state index in [2.05, 4.69) is 0 Å². The smallest absolute Gasteiger partial charge is 0.162 e. The number of hydrogen-bond acceptors (Lipinski definition) is 23. The molecule has 4 aliphatic heterocycles. The Morgan fingerprint density at radius 2 is 0.733 bits per heavy atom. The Kier molecular flexibility index (Phi) is 21.5. The monoisotopic (exact) mass is 880 g/mol. The highest BCUT2D eigenvalue weighted by molar-refractivity contribution is 4.95. The largest absolute Gasteiger partial charge is 0.391 e. The zero-order valence-electron chi connectivity index (χ0n) is 34.3. The van der Waals surface area contributed by atoms with Gasteiger partial charge in [0.1, 0.15) is 67.1 Å². The van der Waals surface area contributed by atoms with E-state index >= 15 is 0 Å². The van der Waals surface area contributed by atoms with Crippen molar-refractivity contribution < 1.29 is 113 Å². The molecule has 0 aromatic rings. The summed E-state index contributed by atoms with van der Waals surface area (Å²) in [4.78, 5) is 0. The Labute approximate surface area is 348 Å². The fourth-order valence-corrected chi connectivity index (χ4v) is 7.66. The molecule has 0 radical (unpaired) electrons. The summed E-state index contributed by atoms with van der Waals surface area (Å²) in [7, 11) is 2.75. The molecule has 4 fully saturated rings. The number of aliphatic hydroxyl groups is 12. The normalized spacial score (nSPS) is 43.8. The van der Waals surface area contributed by atoms with Crippen LogP contribution in [0.4, 0.5) is 0 Å². The van der Waals surface area contributed by atoms with Crippen LogP contribution in [0.3, 0.4) is 0 Å². The van der Waals surface area contributed by atoms with Gasteiger partial charge in [-0.15, -0.1) is 0 Å². The van der Waals surface area contributed by atoms with E-state index in [9.17, 15) is 61.3 Å². The first-order chi connectivity index (χ1) is 28.5. The van der Waals surface area contributed by atoms with Crippen LogP contribution in [0.2, 0.25) is 0 Å². The molecule has 0 spiro atoms. The molecule has 0 bridgehead atoms. The molecule has 12 N–H and O–H groups in total. The number of rotatable bonds is 23. The highest BCUT2D eigenvalue weighted by Crippen LogP contribution is 2.31. The Morgan fingerprint density at radius 1 is 0.383 bits per heavy atom. The van der Waals surface area contributed by atoms with Gasteiger partial charge in [0.15, 0.2) is 12.6 Å². The predicted molar refractivity (Wildman–Crippen MR) is 198 cm³/mol. The van der Waals surface area contributed by atoms with E-state index in [1.54, 1.807) is 0 Å². The zero-order valence-corrected chi connectivity index (χ0v) is 34.3. The lowest BCUT2D eigenvalue weighted by atomic mass is 9.87. The molecule has 0 aromatic carbocycles. The summed E-state index contributed by atoms with van der Waals surface area (Å²) in [6.07, 6.45) is -23.5. The molecule has 23 nitrogen and oxygen atoms in total. The van der Waals surface area contributed by atoms with Gasteiger partial charge in [-0.1, -0.05) is 0 Å². The van der Waals surface area contributed by atoms with Crippen LogP contribution in [0.1, 0.15) is 13.8 Å². The molecule has 0 amide bonds. The molecule has 22 atom stereocenters. The van der Waals surface area contributed by atoms with Crippen LogP contribution in [0.5, 0.6) is 0 Å². The van der Waals surface area contributed by atoms with E-state index in [-0.39, 0.29) is 59.5 Å².